The van der Waals surface area contributed by atoms with Crippen LogP contribution in [0, 0.1) is 17.5 Å². The van der Waals surface area contributed by atoms with Crippen molar-refractivity contribution in [1.82, 2.24) is 10.3 Å². The lowest BCUT2D eigenvalue weighted by molar-refractivity contribution is 0.234. The van der Waals surface area contributed by atoms with E-state index in [9.17, 15) is 18.3 Å². The summed E-state index contributed by atoms with van der Waals surface area (Å²) >= 11 is 0. The van der Waals surface area contributed by atoms with E-state index in [4.69, 9.17) is 0 Å². The maximum atomic E-state index is 13.3. The molecule has 3 nitrogen and oxygen atoms in total. The van der Waals surface area contributed by atoms with Crippen LogP contribution in [0.25, 0.3) is 0 Å². The highest BCUT2D eigenvalue weighted by atomic mass is 19.2. The summed E-state index contributed by atoms with van der Waals surface area (Å²) in [6, 6.07) is 4.45. The van der Waals surface area contributed by atoms with Crippen molar-refractivity contribution in [2.75, 3.05) is 6.61 Å². The first-order chi connectivity index (χ1) is 10.0. The molecule has 6 heteroatoms. The molecule has 0 spiro atoms. The molecule has 2 N–H and O–H groups in total. The molecule has 0 saturated heterocycles. The Kier molecular flexibility index (Phi) is 4.93. The van der Waals surface area contributed by atoms with Crippen molar-refractivity contribution in [1.29, 1.82) is 0 Å². The van der Waals surface area contributed by atoms with E-state index >= 15 is 0 Å². The van der Waals surface area contributed by atoms with Gasteiger partial charge < -0.3 is 10.4 Å². The second-order valence-corrected chi connectivity index (χ2v) is 4.70. The van der Waals surface area contributed by atoms with Crippen LogP contribution in [0.4, 0.5) is 13.2 Å². The highest BCUT2D eigenvalue weighted by Gasteiger charge is 2.19. The Labute approximate surface area is 120 Å². The molecule has 2 rings (SSSR count). The molecule has 1 aromatic carbocycles. The molecule has 0 saturated carbocycles. The van der Waals surface area contributed by atoms with E-state index in [0.29, 0.717) is 0 Å². The SMILES string of the molecule is CC(NC(CO)c1cc(F)c(F)c(F)c1)c1ccncc1. The summed E-state index contributed by atoms with van der Waals surface area (Å²) in [5, 5.41) is 12.5. The number of halogens is 3. The van der Waals surface area contributed by atoms with Gasteiger partial charge in [-0.05, 0) is 42.3 Å². The van der Waals surface area contributed by atoms with Gasteiger partial charge >= 0.3 is 0 Å². The normalized spacial score (nSPS) is 14.0. The van der Waals surface area contributed by atoms with Crippen LogP contribution >= 0.6 is 0 Å². The Morgan fingerprint density at radius 2 is 1.67 bits per heavy atom. The van der Waals surface area contributed by atoms with Crippen LogP contribution in [0.5, 0.6) is 0 Å². The summed E-state index contributed by atoms with van der Waals surface area (Å²) in [4.78, 5) is 3.90. The minimum absolute atomic E-state index is 0.148. The molecule has 2 aromatic rings. The molecule has 2 atom stereocenters. The van der Waals surface area contributed by atoms with Gasteiger partial charge in [-0.2, -0.15) is 0 Å². The van der Waals surface area contributed by atoms with E-state index in [-0.39, 0.29) is 18.2 Å². The quantitative estimate of drug-likeness (QED) is 0.834. The average molecular weight is 296 g/mol. The fraction of sp³-hybridized carbons (Fsp3) is 0.267. The van der Waals surface area contributed by atoms with Gasteiger partial charge in [0.25, 0.3) is 0 Å². The number of hydrogen-bond donors (Lipinski definition) is 2. The number of rotatable bonds is 5. The van der Waals surface area contributed by atoms with Crippen molar-refractivity contribution in [3.8, 4) is 0 Å². The van der Waals surface area contributed by atoms with E-state index in [2.05, 4.69) is 10.3 Å². The molecule has 1 aromatic heterocycles. The summed E-state index contributed by atoms with van der Waals surface area (Å²) in [6.07, 6.45) is 3.25. The Balaban J connectivity index is 2.20. The number of nitrogens with zero attached hydrogens (tertiary/aromatic N) is 1. The summed E-state index contributed by atoms with van der Waals surface area (Å²) in [7, 11) is 0. The zero-order chi connectivity index (χ0) is 15.4. The van der Waals surface area contributed by atoms with Gasteiger partial charge in [0.05, 0.1) is 12.6 Å². The lowest BCUT2D eigenvalue weighted by Crippen LogP contribution is -2.27. The average Bonchev–Trinajstić information content (AvgIpc) is 2.50. The Hall–Kier alpha value is -1.92. The van der Waals surface area contributed by atoms with E-state index in [1.54, 1.807) is 24.5 Å². The zero-order valence-corrected chi connectivity index (χ0v) is 11.4. The maximum absolute atomic E-state index is 13.3. The van der Waals surface area contributed by atoms with Crippen LogP contribution in [0.3, 0.4) is 0 Å². The fourth-order valence-corrected chi connectivity index (χ4v) is 2.08. The zero-order valence-electron chi connectivity index (χ0n) is 11.4. The molecular formula is C15H15F3N2O. The van der Waals surface area contributed by atoms with E-state index < -0.39 is 23.5 Å². The van der Waals surface area contributed by atoms with Crippen molar-refractivity contribution < 1.29 is 18.3 Å². The minimum atomic E-state index is -1.52. The third-order valence-electron chi connectivity index (χ3n) is 3.25. The molecule has 2 unspecified atom stereocenters. The topological polar surface area (TPSA) is 45.1 Å². The molecule has 0 amide bonds. The first-order valence-electron chi connectivity index (χ1n) is 6.44. The number of benzene rings is 1. The minimum Gasteiger partial charge on any atom is -0.394 e. The highest BCUT2D eigenvalue weighted by molar-refractivity contribution is 5.24. The number of aliphatic hydroxyl groups excluding tert-OH is 1. The van der Waals surface area contributed by atoms with Gasteiger partial charge in [0.2, 0.25) is 0 Å². The Morgan fingerprint density at radius 3 is 2.19 bits per heavy atom. The lowest BCUT2D eigenvalue weighted by Gasteiger charge is -2.22. The fourth-order valence-electron chi connectivity index (χ4n) is 2.08. The van der Waals surface area contributed by atoms with Crippen molar-refractivity contribution in [2.45, 2.75) is 19.0 Å². The van der Waals surface area contributed by atoms with Crippen LogP contribution in [-0.2, 0) is 0 Å². The Bertz CT molecular complexity index is 584. The van der Waals surface area contributed by atoms with Crippen LogP contribution in [0.2, 0.25) is 0 Å². The Morgan fingerprint density at radius 1 is 1.10 bits per heavy atom. The number of aromatic nitrogens is 1. The first-order valence-corrected chi connectivity index (χ1v) is 6.44. The predicted octanol–water partition coefficient (Wildman–Crippen LogP) is 2.88. The summed E-state index contributed by atoms with van der Waals surface area (Å²) < 4.78 is 39.5. The standard InChI is InChI=1S/C15H15F3N2O/c1-9(10-2-4-19-5-3-10)20-14(8-21)11-6-12(16)15(18)13(17)7-11/h2-7,9,14,20-21H,8H2,1H3. The van der Waals surface area contributed by atoms with E-state index in [1.165, 1.54) is 0 Å². The van der Waals surface area contributed by atoms with Crippen molar-refractivity contribution in [2.24, 2.45) is 0 Å². The predicted molar refractivity (Wildman–Crippen MR) is 71.9 cm³/mol. The second kappa shape index (κ2) is 6.69. The molecule has 0 bridgehead atoms. The molecule has 0 aliphatic carbocycles. The van der Waals surface area contributed by atoms with Gasteiger partial charge in [0.15, 0.2) is 17.5 Å². The van der Waals surface area contributed by atoms with Crippen molar-refractivity contribution in [3.05, 3.63) is 65.2 Å². The van der Waals surface area contributed by atoms with Crippen LogP contribution in [0.15, 0.2) is 36.7 Å². The molecule has 0 radical (unpaired) electrons. The number of hydrogen-bond acceptors (Lipinski definition) is 3. The highest BCUT2D eigenvalue weighted by Crippen LogP contribution is 2.22. The molecule has 0 aliphatic rings. The number of aliphatic hydroxyl groups is 1. The van der Waals surface area contributed by atoms with Crippen LogP contribution < -0.4 is 5.32 Å². The molecule has 21 heavy (non-hydrogen) atoms. The monoisotopic (exact) mass is 296 g/mol. The number of pyridine rings is 1. The van der Waals surface area contributed by atoms with Gasteiger partial charge in [-0.1, -0.05) is 0 Å². The first kappa shape index (κ1) is 15.5. The van der Waals surface area contributed by atoms with Crippen LogP contribution in [-0.4, -0.2) is 16.7 Å². The van der Waals surface area contributed by atoms with E-state index in [0.717, 1.165) is 17.7 Å². The summed E-state index contributed by atoms with van der Waals surface area (Å²) in [5.41, 5.74) is 1.06. The van der Waals surface area contributed by atoms with Crippen LogP contribution in [0.1, 0.15) is 30.1 Å². The summed E-state index contributed by atoms with van der Waals surface area (Å²) in [6.45, 7) is 1.47. The van der Waals surface area contributed by atoms with Gasteiger partial charge in [0.1, 0.15) is 0 Å². The summed E-state index contributed by atoms with van der Waals surface area (Å²) in [5.74, 6) is -4.07. The third kappa shape index (κ3) is 3.59. The van der Waals surface area contributed by atoms with Gasteiger partial charge in [-0.25, -0.2) is 13.2 Å². The molecular weight excluding hydrogens is 281 g/mol. The van der Waals surface area contributed by atoms with Crippen molar-refractivity contribution >= 4 is 0 Å². The molecule has 112 valence electrons. The van der Waals surface area contributed by atoms with Crippen molar-refractivity contribution in [3.63, 3.8) is 0 Å². The second-order valence-electron chi connectivity index (χ2n) is 4.70. The largest absolute Gasteiger partial charge is 0.394 e. The number of nitrogens with one attached hydrogen (secondary N) is 1. The maximum Gasteiger partial charge on any atom is 0.194 e. The van der Waals surface area contributed by atoms with Gasteiger partial charge in [-0.3, -0.25) is 4.98 Å². The molecule has 1 heterocycles. The van der Waals surface area contributed by atoms with Gasteiger partial charge in [-0.15, -0.1) is 0 Å². The molecule has 0 aliphatic heterocycles. The molecule has 0 fully saturated rings. The van der Waals surface area contributed by atoms with E-state index in [1.807, 2.05) is 6.92 Å². The van der Waals surface area contributed by atoms with Gasteiger partial charge in [0, 0.05) is 18.4 Å². The third-order valence-corrected chi connectivity index (χ3v) is 3.25. The lowest BCUT2D eigenvalue weighted by atomic mass is 10.0. The smallest absolute Gasteiger partial charge is 0.194 e.